The molecule has 112 valence electrons. The Balaban J connectivity index is 2.32. The molecule has 1 aromatic rings. The highest BCUT2D eigenvalue weighted by Crippen LogP contribution is 2.30. The molecule has 0 saturated carbocycles. The molecule has 2 heterocycles. The lowest BCUT2D eigenvalue weighted by Gasteiger charge is -2.33. The second-order valence-corrected chi connectivity index (χ2v) is 8.95. The number of nitrogens with two attached hydrogens (primary N) is 1. The number of nitrogen functional groups attached to an aromatic ring is 1. The van der Waals surface area contributed by atoms with Crippen LogP contribution in [0.3, 0.4) is 0 Å². The molecule has 2 rings (SSSR count). The van der Waals surface area contributed by atoms with E-state index < -0.39 is 10.0 Å². The van der Waals surface area contributed by atoms with E-state index in [1.165, 1.54) is 16.6 Å². The van der Waals surface area contributed by atoms with Gasteiger partial charge in [0.2, 0.25) is 10.0 Å². The van der Waals surface area contributed by atoms with Crippen LogP contribution >= 0.6 is 23.4 Å². The molecule has 0 bridgehead atoms. The Morgan fingerprint density at radius 3 is 2.55 bits per heavy atom. The van der Waals surface area contributed by atoms with Gasteiger partial charge in [0, 0.05) is 29.8 Å². The lowest BCUT2D eigenvalue weighted by molar-refractivity contribution is 0.404. The van der Waals surface area contributed by atoms with Crippen molar-refractivity contribution >= 4 is 39.2 Å². The van der Waals surface area contributed by atoms with Gasteiger partial charge in [-0.3, -0.25) is 0 Å². The van der Waals surface area contributed by atoms with E-state index in [9.17, 15) is 8.42 Å². The maximum atomic E-state index is 12.6. The van der Waals surface area contributed by atoms with E-state index in [2.05, 4.69) is 10.4 Å². The third-order valence-corrected chi connectivity index (χ3v) is 6.29. The first-order valence-electron chi connectivity index (χ1n) is 6.12. The van der Waals surface area contributed by atoms with E-state index >= 15 is 0 Å². The summed E-state index contributed by atoms with van der Waals surface area (Å²) in [6.45, 7) is 5.03. The number of sulfonamides is 1. The van der Waals surface area contributed by atoms with Crippen LogP contribution in [0.25, 0.3) is 0 Å². The smallest absolute Gasteiger partial charge is 0.244 e. The first-order valence-corrected chi connectivity index (χ1v) is 8.88. The van der Waals surface area contributed by atoms with Crippen LogP contribution in [0.2, 0.25) is 5.02 Å². The largest absolute Gasteiger partial charge is 0.307 e. The number of nitrogens with zero attached hydrogens (tertiary/aromatic N) is 2. The molecule has 1 aliphatic heterocycles. The van der Waals surface area contributed by atoms with Crippen LogP contribution in [0.4, 0.5) is 5.82 Å². The summed E-state index contributed by atoms with van der Waals surface area (Å²) in [5.41, 5.74) is 2.31. The molecule has 3 N–H and O–H groups in total. The number of hydrogen-bond donors (Lipinski definition) is 2. The fourth-order valence-corrected chi connectivity index (χ4v) is 5.53. The summed E-state index contributed by atoms with van der Waals surface area (Å²) in [7, 11) is -3.57. The van der Waals surface area contributed by atoms with Gasteiger partial charge in [-0.05, 0) is 6.07 Å². The van der Waals surface area contributed by atoms with Crippen LogP contribution in [0.1, 0.15) is 13.8 Å². The second-order valence-electron chi connectivity index (χ2n) is 4.73. The maximum Gasteiger partial charge on any atom is 0.244 e. The molecule has 1 saturated heterocycles. The molecule has 2 atom stereocenters. The molecular weight excluding hydrogens is 320 g/mol. The average molecular weight is 337 g/mol. The van der Waals surface area contributed by atoms with Crippen LogP contribution in [0.15, 0.2) is 17.2 Å². The molecule has 2 unspecified atom stereocenters. The monoisotopic (exact) mass is 336 g/mol. The fourth-order valence-electron chi connectivity index (χ4n) is 2.14. The second kappa shape index (κ2) is 6.07. The van der Waals surface area contributed by atoms with E-state index in [0.717, 1.165) is 0 Å². The molecular formula is C11H17ClN4O2S2. The molecule has 0 aromatic carbocycles. The van der Waals surface area contributed by atoms with Gasteiger partial charge >= 0.3 is 0 Å². The summed E-state index contributed by atoms with van der Waals surface area (Å²) in [5, 5.41) is 0.713. The number of halogens is 1. The van der Waals surface area contributed by atoms with E-state index in [1.807, 2.05) is 13.8 Å². The van der Waals surface area contributed by atoms with Crippen LogP contribution in [-0.4, -0.2) is 41.3 Å². The highest BCUT2D eigenvalue weighted by Gasteiger charge is 2.32. The predicted octanol–water partition coefficient (Wildman–Crippen LogP) is 1.54. The standard InChI is InChI=1S/C11H17ClN4O2S2/c1-7-5-16(6-8(2)19-7)20(17,18)9-3-10(12)11(15-13)14-4-9/h3-4,7-8H,5-6,13H2,1-2H3,(H,14,15). The summed E-state index contributed by atoms with van der Waals surface area (Å²) in [5.74, 6) is 5.48. The molecule has 6 nitrogen and oxygen atoms in total. The summed E-state index contributed by atoms with van der Waals surface area (Å²) >= 11 is 7.73. The van der Waals surface area contributed by atoms with E-state index in [-0.39, 0.29) is 26.2 Å². The summed E-state index contributed by atoms with van der Waals surface area (Å²) in [6.07, 6.45) is 1.27. The highest BCUT2D eigenvalue weighted by molar-refractivity contribution is 8.00. The van der Waals surface area contributed by atoms with Crippen LogP contribution in [0, 0.1) is 0 Å². The molecule has 1 aromatic heterocycles. The number of thioether (sulfide) groups is 1. The molecule has 1 aliphatic rings. The van der Waals surface area contributed by atoms with Crippen LogP contribution in [-0.2, 0) is 10.0 Å². The first-order chi connectivity index (χ1) is 9.34. The minimum absolute atomic E-state index is 0.0906. The molecule has 0 amide bonds. The van der Waals surface area contributed by atoms with Crippen molar-refractivity contribution in [3.8, 4) is 0 Å². The van der Waals surface area contributed by atoms with Gasteiger partial charge in [-0.15, -0.1) is 0 Å². The topological polar surface area (TPSA) is 88.3 Å². The fraction of sp³-hybridized carbons (Fsp3) is 0.545. The van der Waals surface area contributed by atoms with E-state index in [0.29, 0.717) is 13.1 Å². The Morgan fingerprint density at radius 1 is 1.45 bits per heavy atom. The lowest BCUT2D eigenvalue weighted by Crippen LogP contribution is -2.43. The Kier molecular flexibility index (Phi) is 4.80. The normalized spacial score (nSPS) is 24.6. The minimum Gasteiger partial charge on any atom is -0.307 e. The van der Waals surface area contributed by atoms with Crippen LogP contribution in [0.5, 0.6) is 0 Å². The van der Waals surface area contributed by atoms with Gasteiger partial charge in [0.15, 0.2) is 5.82 Å². The molecule has 20 heavy (non-hydrogen) atoms. The van der Waals surface area contributed by atoms with Crippen molar-refractivity contribution in [2.24, 2.45) is 5.84 Å². The number of aromatic nitrogens is 1. The van der Waals surface area contributed by atoms with Gasteiger partial charge in [-0.1, -0.05) is 25.4 Å². The third-order valence-electron chi connectivity index (χ3n) is 2.98. The van der Waals surface area contributed by atoms with Crippen molar-refractivity contribution in [1.82, 2.24) is 9.29 Å². The van der Waals surface area contributed by atoms with Crippen molar-refractivity contribution in [1.29, 1.82) is 0 Å². The number of nitrogens with one attached hydrogen (secondary N) is 1. The number of rotatable bonds is 3. The molecule has 1 fully saturated rings. The zero-order valence-electron chi connectivity index (χ0n) is 11.2. The SMILES string of the molecule is CC1CN(S(=O)(=O)c2cnc(NN)c(Cl)c2)CC(C)S1. The number of pyridine rings is 1. The van der Waals surface area contributed by atoms with Crippen molar-refractivity contribution in [3.05, 3.63) is 17.3 Å². The van der Waals surface area contributed by atoms with Crippen molar-refractivity contribution in [2.75, 3.05) is 18.5 Å². The Bertz CT molecular complexity index is 586. The van der Waals surface area contributed by atoms with Crippen molar-refractivity contribution in [3.63, 3.8) is 0 Å². The van der Waals surface area contributed by atoms with Crippen molar-refractivity contribution in [2.45, 2.75) is 29.2 Å². The summed E-state index contributed by atoms with van der Waals surface area (Å²) in [6, 6.07) is 1.37. The summed E-state index contributed by atoms with van der Waals surface area (Å²) < 4.78 is 26.7. The van der Waals surface area contributed by atoms with Gasteiger partial charge in [0.25, 0.3) is 0 Å². The molecule has 0 spiro atoms. The third kappa shape index (κ3) is 3.20. The number of anilines is 1. The molecule has 9 heteroatoms. The minimum atomic E-state index is -3.57. The van der Waals surface area contributed by atoms with Crippen LogP contribution < -0.4 is 11.3 Å². The molecule has 0 aliphatic carbocycles. The Morgan fingerprint density at radius 2 is 2.05 bits per heavy atom. The number of hydrogen-bond acceptors (Lipinski definition) is 6. The zero-order valence-corrected chi connectivity index (χ0v) is 13.6. The molecule has 0 radical (unpaired) electrons. The van der Waals surface area contributed by atoms with Gasteiger partial charge < -0.3 is 5.43 Å². The van der Waals surface area contributed by atoms with Gasteiger partial charge in [-0.2, -0.15) is 16.1 Å². The van der Waals surface area contributed by atoms with Crippen molar-refractivity contribution < 1.29 is 8.42 Å². The lowest BCUT2D eigenvalue weighted by atomic mass is 10.4. The quantitative estimate of drug-likeness (QED) is 0.643. The Labute approximate surface area is 128 Å². The van der Waals surface area contributed by atoms with Gasteiger partial charge in [-0.25, -0.2) is 19.2 Å². The van der Waals surface area contributed by atoms with Gasteiger partial charge in [0.05, 0.1) is 5.02 Å². The van der Waals surface area contributed by atoms with E-state index in [4.69, 9.17) is 17.4 Å². The highest BCUT2D eigenvalue weighted by atomic mass is 35.5. The predicted molar refractivity (Wildman–Crippen MR) is 82.3 cm³/mol. The summed E-state index contributed by atoms with van der Waals surface area (Å²) in [4.78, 5) is 4.01. The van der Waals surface area contributed by atoms with E-state index in [1.54, 1.807) is 11.8 Å². The number of hydrazine groups is 1. The first kappa shape index (κ1) is 15.8. The maximum absolute atomic E-state index is 12.6. The van der Waals surface area contributed by atoms with Gasteiger partial charge in [0.1, 0.15) is 4.90 Å². The average Bonchev–Trinajstić information content (AvgIpc) is 2.37. The zero-order chi connectivity index (χ0) is 14.9. The Hall–Kier alpha value is -0.540.